The summed E-state index contributed by atoms with van der Waals surface area (Å²) in [6.07, 6.45) is 1.76. The molecule has 4 nitrogen and oxygen atoms in total. The van der Waals surface area contributed by atoms with Gasteiger partial charge in [0.15, 0.2) is 0 Å². The van der Waals surface area contributed by atoms with E-state index >= 15 is 0 Å². The fourth-order valence-electron chi connectivity index (χ4n) is 1.79. The molecule has 2 heterocycles. The lowest BCUT2D eigenvalue weighted by atomic mass is 10.2. The Morgan fingerprint density at radius 2 is 2.33 bits per heavy atom. The molecule has 96 valence electrons. The average molecular weight is 328 g/mol. The molecular weight excluding hydrogens is 314 g/mol. The quantitative estimate of drug-likeness (QED) is 0.869. The van der Waals surface area contributed by atoms with Crippen LogP contribution in [-0.2, 0) is 13.6 Å². The average Bonchev–Trinajstić information content (AvgIpc) is 2.84. The van der Waals surface area contributed by atoms with Gasteiger partial charge >= 0.3 is 0 Å². The highest BCUT2D eigenvalue weighted by Crippen LogP contribution is 2.22. The molecule has 0 saturated carbocycles. The predicted octanol–water partition coefficient (Wildman–Crippen LogP) is 2.82. The summed E-state index contributed by atoms with van der Waals surface area (Å²) in [5.74, 6) is 0.00271. The zero-order valence-electron chi connectivity index (χ0n) is 10.5. The van der Waals surface area contributed by atoms with Gasteiger partial charge in [0.1, 0.15) is 0 Å². The molecule has 1 amide bonds. The number of aromatic nitrogens is 2. The minimum atomic E-state index is 0.00271. The molecule has 0 fully saturated rings. The Kier molecular flexibility index (Phi) is 3.87. The van der Waals surface area contributed by atoms with E-state index in [4.69, 9.17) is 0 Å². The summed E-state index contributed by atoms with van der Waals surface area (Å²) in [5.41, 5.74) is 2.56. The minimum absolute atomic E-state index is 0.00271. The van der Waals surface area contributed by atoms with Gasteiger partial charge in [-0.3, -0.25) is 9.48 Å². The van der Waals surface area contributed by atoms with E-state index in [2.05, 4.69) is 21.0 Å². The van der Waals surface area contributed by atoms with Crippen LogP contribution in [0.5, 0.6) is 0 Å². The number of thiophene rings is 1. The summed E-state index contributed by atoms with van der Waals surface area (Å²) in [6, 6.07) is 2.03. The number of carbonyl (C=O) groups excluding carboxylic acids is 1. The molecule has 0 aromatic carbocycles. The largest absolute Gasteiger partial charge is 0.337 e. The molecule has 18 heavy (non-hydrogen) atoms. The first kappa shape index (κ1) is 13.3. The second-order valence-electron chi connectivity index (χ2n) is 4.22. The zero-order chi connectivity index (χ0) is 13.3. The van der Waals surface area contributed by atoms with Crippen molar-refractivity contribution >= 4 is 33.2 Å². The van der Waals surface area contributed by atoms with Gasteiger partial charge in [0.25, 0.3) is 5.91 Å². The normalized spacial score (nSPS) is 10.7. The second-order valence-corrected chi connectivity index (χ2v) is 6.51. The maximum Gasteiger partial charge on any atom is 0.257 e. The van der Waals surface area contributed by atoms with Crippen LogP contribution in [0.3, 0.4) is 0 Å². The van der Waals surface area contributed by atoms with Crippen molar-refractivity contribution in [3.05, 3.63) is 38.3 Å². The van der Waals surface area contributed by atoms with E-state index in [1.807, 2.05) is 25.4 Å². The molecule has 2 rings (SSSR count). The van der Waals surface area contributed by atoms with Crippen LogP contribution >= 0.6 is 27.3 Å². The van der Waals surface area contributed by atoms with Crippen molar-refractivity contribution in [1.29, 1.82) is 0 Å². The second kappa shape index (κ2) is 5.24. The number of hydrogen-bond donors (Lipinski definition) is 0. The van der Waals surface area contributed by atoms with E-state index in [0.717, 1.165) is 15.0 Å². The monoisotopic (exact) mass is 327 g/mol. The Morgan fingerprint density at radius 3 is 2.83 bits per heavy atom. The first-order valence-electron chi connectivity index (χ1n) is 5.46. The molecule has 0 radical (unpaired) electrons. The third-order valence-electron chi connectivity index (χ3n) is 2.63. The Bertz CT molecular complexity index is 576. The maximum atomic E-state index is 12.3. The van der Waals surface area contributed by atoms with Crippen LogP contribution < -0.4 is 0 Å². The highest BCUT2D eigenvalue weighted by atomic mass is 79.9. The van der Waals surface area contributed by atoms with E-state index in [-0.39, 0.29) is 5.91 Å². The van der Waals surface area contributed by atoms with Gasteiger partial charge in [-0.25, -0.2) is 0 Å². The summed E-state index contributed by atoms with van der Waals surface area (Å²) in [7, 11) is 3.63. The van der Waals surface area contributed by atoms with Gasteiger partial charge in [0.05, 0.1) is 15.0 Å². The molecule has 0 aliphatic carbocycles. The van der Waals surface area contributed by atoms with Crippen LogP contribution in [0.2, 0.25) is 0 Å². The van der Waals surface area contributed by atoms with Crippen LogP contribution in [0.4, 0.5) is 0 Å². The molecule has 0 spiro atoms. The van der Waals surface area contributed by atoms with Gasteiger partial charge in [-0.15, -0.1) is 11.3 Å². The van der Waals surface area contributed by atoms with Crippen molar-refractivity contribution in [2.24, 2.45) is 7.05 Å². The van der Waals surface area contributed by atoms with Crippen molar-refractivity contribution < 1.29 is 4.79 Å². The van der Waals surface area contributed by atoms with Crippen molar-refractivity contribution in [1.82, 2.24) is 14.7 Å². The molecule has 2 aromatic rings. The number of halogens is 1. The van der Waals surface area contributed by atoms with Crippen LogP contribution in [0.25, 0.3) is 0 Å². The number of aryl methyl sites for hydroxylation is 2. The van der Waals surface area contributed by atoms with Crippen molar-refractivity contribution in [3.8, 4) is 0 Å². The van der Waals surface area contributed by atoms with E-state index in [1.165, 1.54) is 0 Å². The lowest BCUT2D eigenvalue weighted by Crippen LogP contribution is -2.26. The summed E-state index contributed by atoms with van der Waals surface area (Å²) in [6.45, 7) is 2.46. The van der Waals surface area contributed by atoms with Gasteiger partial charge in [0.2, 0.25) is 0 Å². The maximum absolute atomic E-state index is 12.3. The third-order valence-corrected chi connectivity index (χ3v) is 4.19. The number of rotatable bonds is 3. The van der Waals surface area contributed by atoms with E-state index < -0.39 is 0 Å². The van der Waals surface area contributed by atoms with E-state index in [0.29, 0.717) is 12.1 Å². The molecule has 0 saturated heterocycles. The summed E-state index contributed by atoms with van der Waals surface area (Å²) < 4.78 is 2.74. The molecule has 2 aromatic heterocycles. The van der Waals surface area contributed by atoms with Crippen LogP contribution in [-0.4, -0.2) is 27.6 Å². The van der Waals surface area contributed by atoms with E-state index in [9.17, 15) is 4.79 Å². The third kappa shape index (κ3) is 2.81. The SMILES string of the molecule is Cc1nn(C)cc1C(=O)N(C)Cc1csc(Br)c1. The van der Waals surface area contributed by atoms with Gasteiger partial charge in [0, 0.05) is 26.8 Å². The fraction of sp³-hybridized carbons (Fsp3) is 0.333. The Hall–Kier alpha value is -1.14. The van der Waals surface area contributed by atoms with Gasteiger partial charge < -0.3 is 4.90 Å². The molecule has 0 aliphatic heterocycles. The molecule has 0 N–H and O–H groups in total. The van der Waals surface area contributed by atoms with Crippen molar-refractivity contribution in [2.75, 3.05) is 7.05 Å². The molecule has 0 bridgehead atoms. The molecular formula is C12H14BrN3OS. The smallest absolute Gasteiger partial charge is 0.257 e. The topological polar surface area (TPSA) is 38.1 Å². The molecule has 0 aliphatic rings. The first-order valence-corrected chi connectivity index (χ1v) is 7.13. The number of nitrogens with zero attached hydrogens (tertiary/aromatic N) is 3. The summed E-state index contributed by atoms with van der Waals surface area (Å²) in [5, 5.41) is 6.24. The fourth-order valence-corrected chi connectivity index (χ4v) is 2.99. The van der Waals surface area contributed by atoms with Crippen LogP contribution in [0.1, 0.15) is 21.6 Å². The molecule has 0 unspecified atom stereocenters. The zero-order valence-corrected chi connectivity index (χ0v) is 12.9. The molecule has 6 heteroatoms. The summed E-state index contributed by atoms with van der Waals surface area (Å²) >= 11 is 5.04. The minimum Gasteiger partial charge on any atom is -0.337 e. The van der Waals surface area contributed by atoms with Crippen molar-refractivity contribution in [3.63, 3.8) is 0 Å². The number of carbonyl (C=O) groups is 1. The highest BCUT2D eigenvalue weighted by molar-refractivity contribution is 9.11. The Balaban J connectivity index is 2.11. The Morgan fingerprint density at radius 1 is 1.61 bits per heavy atom. The first-order chi connectivity index (χ1) is 8.47. The predicted molar refractivity (Wildman–Crippen MR) is 75.8 cm³/mol. The summed E-state index contributed by atoms with van der Waals surface area (Å²) in [4.78, 5) is 14.0. The van der Waals surface area contributed by atoms with Gasteiger partial charge in [-0.2, -0.15) is 5.10 Å². The standard InChI is InChI=1S/C12H14BrN3OS/c1-8-10(6-16(3)14-8)12(17)15(2)5-9-4-11(13)18-7-9/h4,6-7H,5H2,1-3H3. The molecule has 0 atom stereocenters. The lowest BCUT2D eigenvalue weighted by molar-refractivity contribution is 0.0784. The van der Waals surface area contributed by atoms with E-state index in [1.54, 1.807) is 34.2 Å². The van der Waals surface area contributed by atoms with Gasteiger partial charge in [-0.05, 0) is 39.9 Å². The van der Waals surface area contributed by atoms with Crippen LogP contribution in [0.15, 0.2) is 21.4 Å². The Labute approximate surface area is 118 Å². The lowest BCUT2D eigenvalue weighted by Gasteiger charge is -2.15. The van der Waals surface area contributed by atoms with Crippen molar-refractivity contribution in [2.45, 2.75) is 13.5 Å². The number of amides is 1. The van der Waals surface area contributed by atoms with Gasteiger partial charge in [-0.1, -0.05) is 0 Å². The highest BCUT2D eigenvalue weighted by Gasteiger charge is 2.17. The number of hydrogen-bond acceptors (Lipinski definition) is 3. The van der Waals surface area contributed by atoms with Crippen LogP contribution in [0, 0.1) is 6.92 Å².